The van der Waals surface area contributed by atoms with E-state index in [4.69, 9.17) is 23.7 Å². The summed E-state index contributed by atoms with van der Waals surface area (Å²) in [6, 6.07) is 7.07. The Morgan fingerprint density at radius 3 is 1.87 bits per heavy atom. The summed E-state index contributed by atoms with van der Waals surface area (Å²) in [6.07, 6.45) is -5.58. The van der Waals surface area contributed by atoms with E-state index in [0.29, 0.717) is 5.69 Å². The van der Waals surface area contributed by atoms with Crippen molar-refractivity contribution in [2.24, 2.45) is 0 Å². The number of benzene rings is 1. The molecule has 11 heteroatoms. The first-order chi connectivity index (χ1) is 14.6. The molecule has 0 saturated carbocycles. The molecule has 1 heterocycles. The Hall–Kier alpha value is -2.66. The molecule has 1 aromatic rings. The lowest BCUT2D eigenvalue weighted by Gasteiger charge is -2.44. The van der Waals surface area contributed by atoms with Gasteiger partial charge >= 0.3 is 23.9 Å². The van der Waals surface area contributed by atoms with Gasteiger partial charge in [0.05, 0.1) is 0 Å². The minimum absolute atomic E-state index is 0.281. The molecule has 2 rings (SSSR count). The lowest BCUT2D eigenvalue weighted by molar-refractivity contribution is -0.247. The van der Waals surface area contributed by atoms with Crippen molar-refractivity contribution < 1.29 is 42.9 Å². The smallest absolute Gasteiger partial charge is 0.303 e. The Balaban J connectivity index is 2.43. The largest absolute Gasteiger partial charge is 0.463 e. The van der Waals surface area contributed by atoms with Gasteiger partial charge in [0.1, 0.15) is 12.7 Å². The van der Waals surface area contributed by atoms with E-state index < -0.39 is 54.5 Å². The molecule has 1 saturated heterocycles. The Morgan fingerprint density at radius 2 is 1.35 bits per heavy atom. The molecule has 1 aromatic carbocycles. The molecule has 0 aromatic heterocycles. The predicted molar refractivity (Wildman–Crippen MR) is 110 cm³/mol. The van der Waals surface area contributed by atoms with Crippen molar-refractivity contribution in [3.8, 4) is 0 Å². The van der Waals surface area contributed by atoms with Crippen LogP contribution in [0.5, 0.6) is 0 Å². The number of anilines is 1. The summed E-state index contributed by atoms with van der Waals surface area (Å²) in [5.74, 6) is -2.60. The Bertz CT molecular complexity index is 813. The number of esters is 4. The molecule has 1 aliphatic heterocycles. The second-order valence-electron chi connectivity index (χ2n) is 6.77. The number of carbonyl (C=O) groups is 4. The van der Waals surface area contributed by atoms with Crippen molar-refractivity contribution in [2.45, 2.75) is 58.3 Å². The molecule has 170 valence electrons. The maximum absolute atomic E-state index is 11.8. The number of nitrogens with one attached hydrogen (secondary N) is 1. The zero-order chi connectivity index (χ0) is 23.1. The fraction of sp³-hybridized carbons (Fsp3) is 0.500. The van der Waals surface area contributed by atoms with Crippen LogP contribution in [0.4, 0.5) is 5.69 Å². The van der Waals surface area contributed by atoms with Crippen LogP contribution in [0.3, 0.4) is 0 Å². The molecule has 31 heavy (non-hydrogen) atoms. The van der Waals surface area contributed by atoms with Crippen LogP contribution in [0, 0.1) is 0 Å². The second kappa shape index (κ2) is 11.1. The highest BCUT2D eigenvalue weighted by atomic mass is 79.9. The summed E-state index contributed by atoms with van der Waals surface area (Å²) in [5, 5.41) is 3.07. The van der Waals surface area contributed by atoms with Crippen LogP contribution in [0.15, 0.2) is 28.7 Å². The van der Waals surface area contributed by atoms with E-state index in [0.717, 1.165) is 4.47 Å². The Morgan fingerprint density at radius 1 is 0.839 bits per heavy atom. The minimum Gasteiger partial charge on any atom is -0.463 e. The monoisotopic (exact) mass is 501 g/mol. The topological polar surface area (TPSA) is 126 Å². The van der Waals surface area contributed by atoms with Crippen LogP contribution in [0.2, 0.25) is 0 Å². The standard InChI is InChI=1S/C20H24BrNO9/c1-10(23)27-9-16-17(28-11(2)24)18(29-12(3)25)19(30-13(4)26)20(31-16)22-15-7-5-14(21)6-8-15/h5-8,16-20,22H,9H2,1-4H3/t16-,17-,18+,19-,20-/m0/s1. The summed E-state index contributed by atoms with van der Waals surface area (Å²) >= 11 is 3.34. The average Bonchev–Trinajstić information content (AvgIpc) is 2.65. The van der Waals surface area contributed by atoms with E-state index in [2.05, 4.69) is 21.2 Å². The molecule has 0 spiro atoms. The lowest BCUT2D eigenvalue weighted by Crippen LogP contribution is -2.64. The van der Waals surface area contributed by atoms with Gasteiger partial charge in [-0.15, -0.1) is 0 Å². The fourth-order valence-electron chi connectivity index (χ4n) is 3.05. The third kappa shape index (κ3) is 7.51. The second-order valence-corrected chi connectivity index (χ2v) is 7.69. The number of hydrogen-bond acceptors (Lipinski definition) is 10. The highest BCUT2D eigenvalue weighted by molar-refractivity contribution is 9.10. The average molecular weight is 502 g/mol. The molecule has 0 aliphatic carbocycles. The van der Waals surface area contributed by atoms with Crippen molar-refractivity contribution in [1.82, 2.24) is 0 Å². The molecule has 5 atom stereocenters. The summed E-state index contributed by atoms with van der Waals surface area (Å²) < 4.78 is 27.9. The molecule has 0 bridgehead atoms. The third-order valence-electron chi connectivity index (χ3n) is 4.14. The van der Waals surface area contributed by atoms with Crippen LogP contribution in [0.1, 0.15) is 27.7 Å². The van der Waals surface area contributed by atoms with E-state index in [1.54, 1.807) is 24.3 Å². The number of halogens is 1. The van der Waals surface area contributed by atoms with Crippen molar-refractivity contribution >= 4 is 45.5 Å². The minimum atomic E-state index is -1.22. The summed E-state index contributed by atoms with van der Waals surface area (Å²) in [6.45, 7) is 4.46. The van der Waals surface area contributed by atoms with Crippen molar-refractivity contribution in [2.75, 3.05) is 11.9 Å². The van der Waals surface area contributed by atoms with Gasteiger partial charge in [0, 0.05) is 37.9 Å². The van der Waals surface area contributed by atoms with Gasteiger partial charge in [0.2, 0.25) is 0 Å². The summed E-state index contributed by atoms with van der Waals surface area (Å²) in [4.78, 5) is 46.6. The summed E-state index contributed by atoms with van der Waals surface area (Å²) in [5.41, 5.74) is 0.615. The van der Waals surface area contributed by atoms with E-state index in [-0.39, 0.29) is 6.61 Å². The molecular weight excluding hydrogens is 478 g/mol. The fourth-order valence-corrected chi connectivity index (χ4v) is 3.32. The van der Waals surface area contributed by atoms with Gasteiger partial charge in [0.15, 0.2) is 24.5 Å². The number of rotatable bonds is 7. The van der Waals surface area contributed by atoms with Crippen LogP contribution >= 0.6 is 15.9 Å². The lowest BCUT2D eigenvalue weighted by atomic mass is 9.97. The third-order valence-corrected chi connectivity index (χ3v) is 4.67. The van der Waals surface area contributed by atoms with Gasteiger partial charge in [-0.05, 0) is 24.3 Å². The van der Waals surface area contributed by atoms with Gasteiger partial charge in [0.25, 0.3) is 0 Å². The number of carbonyl (C=O) groups excluding carboxylic acids is 4. The van der Waals surface area contributed by atoms with E-state index in [9.17, 15) is 19.2 Å². The van der Waals surface area contributed by atoms with Gasteiger partial charge in [-0.1, -0.05) is 15.9 Å². The van der Waals surface area contributed by atoms with E-state index in [1.165, 1.54) is 27.7 Å². The molecule has 0 radical (unpaired) electrons. The first-order valence-corrected chi connectivity index (χ1v) is 10.2. The molecule has 10 nitrogen and oxygen atoms in total. The zero-order valence-electron chi connectivity index (χ0n) is 17.5. The van der Waals surface area contributed by atoms with Crippen LogP contribution < -0.4 is 5.32 Å². The molecule has 1 N–H and O–H groups in total. The first-order valence-electron chi connectivity index (χ1n) is 9.39. The Kier molecular flexibility index (Phi) is 8.81. The van der Waals surface area contributed by atoms with Gasteiger partial charge in [-0.3, -0.25) is 19.2 Å². The van der Waals surface area contributed by atoms with Crippen molar-refractivity contribution in [3.05, 3.63) is 28.7 Å². The number of ether oxygens (including phenoxy) is 5. The normalized spacial score (nSPS) is 25.1. The predicted octanol–water partition coefficient (Wildman–Crippen LogP) is 1.94. The van der Waals surface area contributed by atoms with E-state index >= 15 is 0 Å². The maximum atomic E-state index is 11.8. The highest BCUT2D eigenvalue weighted by Crippen LogP contribution is 2.30. The number of hydrogen-bond donors (Lipinski definition) is 1. The van der Waals surface area contributed by atoms with Gasteiger partial charge in [-0.2, -0.15) is 0 Å². The van der Waals surface area contributed by atoms with Crippen LogP contribution in [-0.4, -0.2) is 61.1 Å². The van der Waals surface area contributed by atoms with Crippen molar-refractivity contribution in [1.29, 1.82) is 0 Å². The quantitative estimate of drug-likeness (QED) is 0.437. The van der Waals surface area contributed by atoms with Crippen molar-refractivity contribution in [3.63, 3.8) is 0 Å². The van der Waals surface area contributed by atoms with Gasteiger partial charge < -0.3 is 29.0 Å². The molecule has 0 amide bonds. The van der Waals surface area contributed by atoms with Gasteiger partial charge in [-0.25, -0.2) is 0 Å². The molecule has 0 unspecified atom stereocenters. The van der Waals surface area contributed by atoms with E-state index in [1.807, 2.05) is 0 Å². The maximum Gasteiger partial charge on any atom is 0.303 e. The Labute approximate surface area is 187 Å². The SMILES string of the molecule is CC(=O)OC[C@@H]1O[C@H](Nc2ccc(Br)cc2)[C@@H](OC(C)=O)[C@H](OC(C)=O)[C@H]1OC(C)=O. The summed E-state index contributed by atoms with van der Waals surface area (Å²) in [7, 11) is 0. The first kappa shape index (κ1) is 24.6. The molecular formula is C20H24BrNO9. The highest BCUT2D eigenvalue weighted by Gasteiger charge is 2.52. The zero-order valence-corrected chi connectivity index (χ0v) is 19.0. The molecule has 1 fully saturated rings. The van der Waals surface area contributed by atoms with Crippen LogP contribution in [-0.2, 0) is 42.9 Å². The van der Waals surface area contributed by atoms with Crippen LogP contribution in [0.25, 0.3) is 0 Å². The molecule has 1 aliphatic rings.